The first kappa shape index (κ1) is 21.6. The van der Waals surface area contributed by atoms with Crippen LogP contribution < -0.4 is 14.8 Å². The topological polar surface area (TPSA) is 43.4 Å². The molecule has 7 heteroatoms. The first-order chi connectivity index (χ1) is 14.1. The van der Waals surface area contributed by atoms with Gasteiger partial charge < -0.3 is 14.8 Å². The molecule has 1 aromatic heterocycles. The third-order valence-electron chi connectivity index (χ3n) is 4.20. The Balaban J connectivity index is 1.69. The molecule has 4 nitrogen and oxygen atoms in total. The van der Waals surface area contributed by atoms with Gasteiger partial charge in [-0.05, 0) is 54.4 Å². The number of hydrogen-bond acceptors (Lipinski definition) is 4. The van der Waals surface area contributed by atoms with Gasteiger partial charge in [-0.25, -0.2) is 4.39 Å². The molecule has 3 aromatic rings. The zero-order valence-electron chi connectivity index (χ0n) is 15.9. The fraction of sp³-hybridized carbons (Fsp3) is 0.227. The molecule has 0 bridgehead atoms. The quantitative estimate of drug-likeness (QED) is 0.415. The summed E-state index contributed by atoms with van der Waals surface area (Å²) in [6.45, 7) is 4.04. The molecule has 1 heterocycles. The van der Waals surface area contributed by atoms with Crippen molar-refractivity contribution in [1.29, 1.82) is 0 Å². The molecule has 0 spiro atoms. The van der Waals surface area contributed by atoms with E-state index in [1.807, 2.05) is 31.2 Å². The SMILES string of the molecule is CCOc1cc(CNCc2ccncc2)c(Br)cc1OCc1ccc(F)cc1Cl. The van der Waals surface area contributed by atoms with E-state index in [0.717, 1.165) is 22.1 Å². The maximum Gasteiger partial charge on any atom is 0.162 e. The third kappa shape index (κ3) is 6.16. The van der Waals surface area contributed by atoms with Gasteiger partial charge in [-0.15, -0.1) is 0 Å². The van der Waals surface area contributed by atoms with Crippen molar-refractivity contribution < 1.29 is 13.9 Å². The first-order valence-electron chi connectivity index (χ1n) is 9.18. The fourth-order valence-electron chi connectivity index (χ4n) is 2.73. The van der Waals surface area contributed by atoms with Crippen molar-refractivity contribution in [3.63, 3.8) is 0 Å². The summed E-state index contributed by atoms with van der Waals surface area (Å²) in [7, 11) is 0. The lowest BCUT2D eigenvalue weighted by molar-refractivity contribution is 0.268. The van der Waals surface area contributed by atoms with E-state index in [1.54, 1.807) is 18.5 Å². The van der Waals surface area contributed by atoms with E-state index >= 15 is 0 Å². The normalized spacial score (nSPS) is 10.8. The van der Waals surface area contributed by atoms with Crippen molar-refractivity contribution in [1.82, 2.24) is 10.3 Å². The average Bonchev–Trinajstić information content (AvgIpc) is 2.71. The van der Waals surface area contributed by atoms with Crippen LogP contribution in [0.4, 0.5) is 4.39 Å². The number of pyridine rings is 1. The van der Waals surface area contributed by atoms with Crippen LogP contribution in [0.2, 0.25) is 5.02 Å². The van der Waals surface area contributed by atoms with Gasteiger partial charge >= 0.3 is 0 Å². The zero-order valence-corrected chi connectivity index (χ0v) is 18.3. The Labute approximate surface area is 183 Å². The second-order valence-corrected chi connectivity index (χ2v) is 7.57. The van der Waals surface area contributed by atoms with Crippen LogP contribution >= 0.6 is 27.5 Å². The van der Waals surface area contributed by atoms with Crippen molar-refractivity contribution in [2.75, 3.05) is 6.61 Å². The lowest BCUT2D eigenvalue weighted by Crippen LogP contribution is -2.13. The van der Waals surface area contributed by atoms with E-state index < -0.39 is 0 Å². The molecule has 1 N–H and O–H groups in total. The molecule has 0 unspecified atom stereocenters. The number of aromatic nitrogens is 1. The van der Waals surface area contributed by atoms with Crippen LogP contribution in [0.25, 0.3) is 0 Å². The van der Waals surface area contributed by atoms with Gasteiger partial charge in [-0.2, -0.15) is 0 Å². The number of ether oxygens (including phenoxy) is 2. The summed E-state index contributed by atoms with van der Waals surface area (Å²) >= 11 is 9.70. The minimum Gasteiger partial charge on any atom is -0.490 e. The number of nitrogens with one attached hydrogen (secondary N) is 1. The zero-order chi connectivity index (χ0) is 20.6. The van der Waals surface area contributed by atoms with Crippen molar-refractivity contribution in [3.05, 3.63) is 86.9 Å². The van der Waals surface area contributed by atoms with Crippen LogP contribution in [0.5, 0.6) is 11.5 Å². The van der Waals surface area contributed by atoms with Gasteiger partial charge in [0.15, 0.2) is 11.5 Å². The minimum absolute atomic E-state index is 0.214. The predicted molar refractivity (Wildman–Crippen MR) is 116 cm³/mol. The third-order valence-corrected chi connectivity index (χ3v) is 5.29. The Bertz CT molecular complexity index is 957. The van der Waals surface area contributed by atoms with Gasteiger partial charge in [0.05, 0.1) is 11.6 Å². The molecule has 2 aromatic carbocycles. The number of nitrogens with zero attached hydrogens (tertiary/aromatic N) is 1. The smallest absolute Gasteiger partial charge is 0.162 e. The summed E-state index contributed by atoms with van der Waals surface area (Å²) in [6.07, 6.45) is 3.55. The predicted octanol–water partition coefficient (Wildman–Crippen LogP) is 5.90. The summed E-state index contributed by atoms with van der Waals surface area (Å²) in [4.78, 5) is 4.02. The van der Waals surface area contributed by atoms with Crippen LogP contribution in [0.1, 0.15) is 23.6 Å². The Hall–Kier alpha value is -2.15. The molecule has 0 aliphatic rings. The molecule has 29 heavy (non-hydrogen) atoms. The van der Waals surface area contributed by atoms with Gasteiger partial charge in [-0.1, -0.05) is 33.6 Å². The Morgan fingerprint density at radius 2 is 1.76 bits per heavy atom. The van der Waals surface area contributed by atoms with Crippen molar-refractivity contribution in [2.45, 2.75) is 26.6 Å². The molecule has 152 valence electrons. The maximum absolute atomic E-state index is 13.2. The maximum atomic E-state index is 13.2. The minimum atomic E-state index is -0.375. The second-order valence-electron chi connectivity index (χ2n) is 6.31. The van der Waals surface area contributed by atoms with Crippen LogP contribution in [-0.2, 0) is 19.7 Å². The molecule has 0 radical (unpaired) electrons. The highest BCUT2D eigenvalue weighted by Gasteiger charge is 2.12. The van der Waals surface area contributed by atoms with Crippen LogP contribution in [0.15, 0.2) is 59.3 Å². The van der Waals surface area contributed by atoms with Crippen LogP contribution in [-0.4, -0.2) is 11.6 Å². The number of rotatable bonds is 9. The molecule has 0 amide bonds. The number of benzene rings is 2. The largest absolute Gasteiger partial charge is 0.490 e. The van der Waals surface area contributed by atoms with E-state index in [9.17, 15) is 4.39 Å². The molecule has 0 saturated heterocycles. The van der Waals surface area contributed by atoms with Gasteiger partial charge in [0.25, 0.3) is 0 Å². The van der Waals surface area contributed by atoms with E-state index in [0.29, 0.717) is 35.2 Å². The van der Waals surface area contributed by atoms with E-state index in [-0.39, 0.29) is 12.4 Å². The highest BCUT2D eigenvalue weighted by Crippen LogP contribution is 2.35. The molecular formula is C22H21BrClFN2O2. The highest BCUT2D eigenvalue weighted by molar-refractivity contribution is 9.10. The van der Waals surface area contributed by atoms with Crippen molar-refractivity contribution in [2.24, 2.45) is 0 Å². The van der Waals surface area contributed by atoms with Crippen molar-refractivity contribution >= 4 is 27.5 Å². The van der Waals surface area contributed by atoms with E-state index in [4.69, 9.17) is 21.1 Å². The molecule has 0 fully saturated rings. The summed E-state index contributed by atoms with van der Waals surface area (Å²) in [5.74, 6) is 0.867. The molecule has 0 atom stereocenters. The fourth-order valence-corrected chi connectivity index (χ4v) is 3.41. The molecule has 3 rings (SSSR count). The summed E-state index contributed by atoms with van der Waals surface area (Å²) in [6, 6.07) is 12.0. The molecule has 0 aliphatic carbocycles. The second kappa shape index (κ2) is 10.6. The number of halogens is 3. The van der Waals surface area contributed by atoms with Gasteiger partial charge in [0.1, 0.15) is 12.4 Å². The van der Waals surface area contributed by atoms with E-state index in [2.05, 4.69) is 26.2 Å². The Morgan fingerprint density at radius 1 is 1.00 bits per heavy atom. The Kier molecular flexibility index (Phi) is 7.86. The van der Waals surface area contributed by atoms with Gasteiger partial charge in [0, 0.05) is 35.5 Å². The van der Waals surface area contributed by atoms with Crippen LogP contribution in [0, 0.1) is 5.82 Å². The monoisotopic (exact) mass is 478 g/mol. The van der Waals surface area contributed by atoms with Crippen LogP contribution in [0.3, 0.4) is 0 Å². The summed E-state index contributed by atoms with van der Waals surface area (Å²) in [5, 5.41) is 3.74. The summed E-state index contributed by atoms with van der Waals surface area (Å²) < 4.78 is 25.8. The lowest BCUT2D eigenvalue weighted by atomic mass is 10.2. The molecular weight excluding hydrogens is 459 g/mol. The van der Waals surface area contributed by atoms with Crippen molar-refractivity contribution in [3.8, 4) is 11.5 Å². The van der Waals surface area contributed by atoms with Gasteiger partial charge in [-0.3, -0.25) is 4.98 Å². The number of hydrogen-bond donors (Lipinski definition) is 1. The first-order valence-corrected chi connectivity index (χ1v) is 10.4. The lowest BCUT2D eigenvalue weighted by Gasteiger charge is -2.16. The molecule has 0 aliphatic heterocycles. The highest BCUT2D eigenvalue weighted by atomic mass is 79.9. The molecule has 0 saturated carbocycles. The Morgan fingerprint density at radius 3 is 2.48 bits per heavy atom. The summed E-state index contributed by atoms with van der Waals surface area (Å²) in [5.41, 5.74) is 2.92. The standard InChI is InChI=1S/C22H21BrClFN2O2/c1-2-28-21-9-17(13-27-12-15-5-7-26-8-6-15)19(23)11-22(21)29-14-16-3-4-18(25)10-20(16)24/h3-11,27H,2,12-14H2,1H3. The average molecular weight is 480 g/mol. The van der Waals surface area contributed by atoms with E-state index in [1.165, 1.54) is 12.1 Å². The van der Waals surface area contributed by atoms with Gasteiger partial charge in [0.2, 0.25) is 0 Å².